The van der Waals surface area contributed by atoms with E-state index in [1.54, 1.807) is 0 Å². The Morgan fingerprint density at radius 3 is 3.13 bits per heavy atom. The summed E-state index contributed by atoms with van der Waals surface area (Å²) in [6.07, 6.45) is 0.617. The molecule has 1 unspecified atom stereocenters. The second kappa shape index (κ2) is 5.48. The van der Waals surface area contributed by atoms with Crippen LogP contribution in [0, 0.1) is 0 Å². The Labute approximate surface area is 106 Å². The molecule has 1 aromatic rings. The Hall–Kier alpha value is 0.160. The fourth-order valence-corrected chi connectivity index (χ4v) is 4.05. The monoisotopic (exact) mass is 305 g/mol. The van der Waals surface area contributed by atoms with Gasteiger partial charge in [0.25, 0.3) is 0 Å². The first-order chi connectivity index (χ1) is 7.27. The van der Waals surface area contributed by atoms with Crippen LogP contribution in [0.3, 0.4) is 0 Å². The van der Waals surface area contributed by atoms with Gasteiger partial charge in [-0.2, -0.15) is 11.8 Å². The van der Waals surface area contributed by atoms with Crippen LogP contribution < -0.4 is 5.32 Å². The Morgan fingerprint density at radius 1 is 1.67 bits per heavy atom. The highest BCUT2D eigenvalue weighted by Crippen LogP contribution is 2.25. The maximum atomic E-state index is 11.9. The number of carbonyl (C=O) groups excluding carboxylic acids is 1. The van der Waals surface area contributed by atoms with Crippen LogP contribution in [0.15, 0.2) is 15.9 Å². The van der Waals surface area contributed by atoms with Gasteiger partial charge in [0, 0.05) is 35.0 Å². The lowest BCUT2D eigenvalue weighted by molar-refractivity contribution is 0.0975. The molecule has 1 N–H and O–H groups in total. The molecule has 0 amide bonds. The summed E-state index contributed by atoms with van der Waals surface area (Å²) in [5.74, 6) is 2.46. The Morgan fingerprint density at radius 2 is 2.53 bits per heavy atom. The second-order valence-corrected chi connectivity index (χ2v) is 6.37. The van der Waals surface area contributed by atoms with E-state index in [0.29, 0.717) is 12.5 Å². The maximum Gasteiger partial charge on any atom is 0.175 e. The quantitative estimate of drug-likeness (QED) is 0.871. The van der Waals surface area contributed by atoms with Gasteiger partial charge in [-0.25, -0.2) is 0 Å². The highest BCUT2D eigenvalue weighted by Gasteiger charge is 2.19. The van der Waals surface area contributed by atoms with Crippen LogP contribution in [-0.2, 0) is 0 Å². The van der Waals surface area contributed by atoms with Crippen molar-refractivity contribution >= 4 is 44.8 Å². The van der Waals surface area contributed by atoms with Crippen molar-refractivity contribution < 1.29 is 4.79 Å². The van der Waals surface area contributed by atoms with Gasteiger partial charge in [0.2, 0.25) is 0 Å². The summed E-state index contributed by atoms with van der Waals surface area (Å²) in [4.78, 5) is 12.8. The Balaban J connectivity index is 1.94. The van der Waals surface area contributed by atoms with Gasteiger partial charge >= 0.3 is 0 Å². The van der Waals surface area contributed by atoms with Gasteiger partial charge in [-0.3, -0.25) is 4.79 Å². The van der Waals surface area contributed by atoms with Gasteiger partial charge in [-0.1, -0.05) is 0 Å². The van der Waals surface area contributed by atoms with Crippen LogP contribution in [-0.4, -0.2) is 29.9 Å². The first-order valence-corrected chi connectivity index (χ1v) is 7.67. The lowest BCUT2D eigenvalue weighted by Crippen LogP contribution is -2.38. The minimum atomic E-state index is 0.247. The van der Waals surface area contributed by atoms with Crippen molar-refractivity contribution in [3.05, 3.63) is 20.8 Å². The second-order valence-electron chi connectivity index (χ2n) is 3.45. The molecule has 1 aliphatic rings. The van der Waals surface area contributed by atoms with E-state index in [1.165, 1.54) is 11.3 Å². The third-order valence-corrected chi connectivity index (χ3v) is 5.31. The Kier molecular flexibility index (Phi) is 4.25. The average Bonchev–Trinajstić information content (AvgIpc) is 2.66. The van der Waals surface area contributed by atoms with E-state index in [9.17, 15) is 4.79 Å². The molecule has 5 heteroatoms. The molecular weight excluding hydrogens is 294 g/mol. The summed E-state index contributed by atoms with van der Waals surface area (Å²) < 4.78 is 0.931. The van der Waals surface area contributed by atoms with Crippen LogP contribution in [0.4, 0.5) is 0 Å². The molecule has 1 aliphatic heterocycles. The molecule has 82 valence electrons. The smallest absolute Gasteiger partial charge is 0.175 e. The zero-order chi connectivity index (χ0) is 10.7. The molecule has 2 nitrogen and oxygen atoms in total. The van der Waals surface area contributed by atoms with E-state index in [4.69, 9.17) is 0 Å². The number of hydrogen-bond donors (Lipinski definition) is 1. The van der Waals surface area contributed by atoms with E-state index in [1.807, 2.05) is 23.2 Å². The number of thiophene rings is 1. The lowest BCUT2D eigenvalue weighted by Gasteiger charge is -2.22. The Bertz CT molecular complexity index is 347. The van der Waals surface area contributed by atoms with Crippen molar-refractivity contribution in [3.63, 3.8) is 0 Å². The van der Waals surface area contributed by atoms with Gasteiger partial charge in [0.15, 0.2) is 5.78 Å². The number of thioether (sulfide) groups is 1. The number of halogens is 1. The fraction of sp³-hybridized carbons (Fsp3) is 0.500. The van der Waals surface area contributed by atoms with Crippen LogP contribution in [0.25, 0.3) is 0 Å². The van der Waals surface area contributed by atoms with Gasteiger partial charge in [0.05, 0.1) is 4.88 Å². The number of rotatable bonds is 3. The molecule has 0 spiro atoms. The summed E-state index contributed by atoms with van der Waals surface area (Å²) >= 11 is 6.83. The zero-order valence-electron chi connectivity index (χ0n) is 8.16. The number of nitrogens with one attached hydrogen (secondary N) is 1. The molecular formula is C10H12BrNOS2. The fourth-order valence-electron chi connectivity index (χ4n) is 1.56. The van der Waals surface area contributed by atoms with E-state index >= 15 is 0 Å². The maximum absolute atomic E-state index is 11.9. The predicted octanol–water partition coefficient (Wildman–Crippen LogP) is 2.79. The summed E-state index contributed by atoms with van der Waals surface area (Å²) in [5, 5.41) is 5.32. The predicted molar refractivity (Wildman–Crippen MR) is 70.1 cm³/mol. The summed E-state index contributed by atoms with van der Waals surface area (Å²) in [6, 6.07) is 2.28. The molecule has 0 aromatic carbocycles. The van der Waals surface area contributed by atoms with Crippen molar-refractivity contribution in [2.24, 2.45) is 0 Å². The third-order valence-electron chi connectivity index (χ3n) is 2.30. The average molecular weight is 306 g/mol. The van der Waals surface area contributed by atoms with E-state index in [-0.39, 0.29) is 5.78 Å². The highest BCUT2D eigenvalue weighted by atomic mass is 79.9. The van der Waals surface area contributed by atoms with Gasteiger partial charge < -0.3 is 5.32 Å². The first kappa shape index (κ1) is 11.6. The largest absolute Gasteiger partial charge is 0.312 e. The lowest BCUT2D eigenvalue weighted by atomic mass is 10.1. The third kappa shape index (κ3) is 3.06. The van der Waals surface area contributed by atoms with Crippen molar-refractivity contribution in [1.29, 1.82) is 0 Å². The van der Waals surface area contributed by atoms with E-state index < -0.39 is 0 Å². The van der Waals surface area contributed by atoms with Crippen molar-refractivity contribution in [1.82, 2.24) is 5.32 Å². The summed E-state index contributed by atoms with van der Waals surface area (Å²) in [5.41, 5.74) is 0. The van der Waals surface area contributed by atoms with Crippen LogP contribution in [0.5, 0.6) is 0 Å². The molecule has 1 saturated heterocycles. The zero-order valence-corrected chi connectivity index (χ0v) is 11.4. The molecule has 1 fully saturated rings. The summed E-state index contributed by atoms with van der Waals surface area (Å²) in [7, 11) is 0. The van der Waals surface area contributed by atoms with Gasteiger partial charge in [-0.15, -0.1) is 11.3 Å². The van der Waals surface area contributed by atoms with Crippen LogP contribution in [0.2, 0.25) is 0 Å². The highest BCUT2D eigenvalue weighted by molar-refractivity contribution is 9.10. The van der Waals surface area contributed by atoms with E-state index in [2.05, 4.69) is 21.2 Å². The first-order valence-electron chi connectivity index (χ1n) is 4.84. The number of Topliss-reactive ketones (excluding diaryl/α,β-unsaturated/α-hetero) is 1. The van der Waals surface area contributed by atoms with Crippen molar-refractivity contribution in [2.45, 2.75) is 12.5 Å². The topological polar surface area (TPSA) is 29.1 Å². The molecule has 0 saturated carbocycles. The normalized spacial score (nSPS) is 21.5. The van der Waals surface area contributed by atoms with E-state index in [0.717, 1.165) is 27.4 Å². The molecule has 0 radical (unpaired) electrons. The molecule has 0 bridgehead atoms. The minimum Gasteiger partial charge on any atom is -0.312 e. The molecule has 2 heterocycles. The van der Waals surface area contributed by atoms with Crippen LogP contribution in [0.1, 0.15) is 16.1 Å². The molecule has 1 aromatic heterocycles. The molecule has 1 atom stereocenters. The van der Waals surface area contributed by atoms with Crippen LogP contribution >= 0.6 is 39.0 Å². The van der Waals surface area contributed by atoms with Crippen molar-refractivity contribution in [2.75, 3.05) is 18.1 Å². The SMILES string of the molecule is O=C(CC1CSCCN1)c1sccc1Br. The molecule has 15 heavy (non-hydrogen) atoms. The molecule has 2 rings (SSSR count). The van der Waals surface area contributed by atoms with Gasteiger partial charge in [0.1, 0.15) is 0 Å². The number of ketones is 1. The molecule has 0 aliphatic carbocycles. The standard InChI is InChI=1S/C10H12BrNOS2/c11-8-1-3-15-10(8)9(13)5-7-6-14-4-2-12-7/h1,3,7,12H,2,4-6H2. The van der Waals surface area contributed by atoms with Gasteiger partial charge in [-0.05, 0) is 27.4 Å². The summed E-state index contributed by atoms with van der Waals surface area (Å²) in [6.45, 7) is 1.02. The minimum absolute atomic E-state index is 0.247. The number of carbonyl (C=O) groups is 1. The number of hydrogen-bond acceptors (Lipinski definition) is 4. The van der Waals surface area contributed by atoms with Crippen molar-refractivity contribution in [3.8, 4) is 0 Å².